The molecule has 0 aliphatic carbocycles. The second-order valence-electron chi connectivity index (χ2n) is 8.51. The minimum atomic E-state index is -0.280. The maximum atomic E-state index is 11.3. The van der Waals surface area contributed by atoms with Crippen LogP contribution in [-0.2, 0) is 9.53 Å². The van der Waals surface area contributed by atoms with E-state index in [1.807, 2.05) is 36.4 Å². The summed E-state index contributed by atoms with van der Waals surface area (Å²) in [6.07, 6.45) is 12.0. The molecule has 4 heteroatoms. The van der Waals surface area contributed by atoms with Crippen molar-refractivity contribution in [1.29, 1.82) is 5.26 Å². The first-order chi connectivity index (χ1) is 16.1. The highest BCUT2D eigenvalue weighted by atomic mass is 16.5. The number of esters is 1. The molecule has 0 saturated heterocycles. The van der Waals surface area contributed by atoms with Crippen LogP contribution in [-0.4, -0.2) is 19.2 Å². The lowest BCUT2D eigenvalue weighted by Gasteiger charge is -2.08. The molecule has 33 heavy (non-hydrogen) atoms. The molecule has 0 spiro atoms. The standard InChI is InChI=1S/C29H37NO3/c1-24(2)29(31)33-22-12-10-8-6-4-3-5-7-9-11-21-32-28-19-17-27(18-20-28)26-15-13-25(23-30)14-16-26/h13-20H,1,3-12,21-22H2,2H3. The molecule has 0 unspecified atom stereocenters. The highest BCUT2D eigenvalue weighted by molar-refractivity contribution is 5.86. The van der Waals surface area contributed by atoms with Gasteiger partial charge in [-0.1, -0.05) is 82.2 Å². The van der Waals surface area contributed by atoms with Gasteiger partial charge >= 0.3 is 5.97 Å². The molecule has 0 heterocycles. The third kappa shape index (κ3) is 10.9. The number of nitrogens with zero attached hydrogens (tertiary/aromatic N) is 1. The number of unbranched alkanes of at least 4 members (excludes halogenated alkanes) is 9. The molecule has 2 aromatic rings. The average molecular weight is 448 g/mol. The zero-order valence-electron chi connectivity index (χ0n) is 20.0. The smallest absolute Gasteiger partial charge is 0.333 e. The predicted molar refractivity (Wildman–Crippen MR) is 134 cm³/mol. The Hall–Kier alpha value is -3.06. The molecule has 0 aliphatic rings. The van der Waals surface area contributed by atoms with Gasteiger partial charge in [0.05, 0.1) is 24.8 Å². The molecule has 0 bridgehead atoms. The summed E-state index contributed by atoms with van der Waals surface area (Å²) in [5.74, 6) is 0.625. The van der Waals surface area contributed by atoms with E-state index in [-0.39, 0.29) is 5.97 Å². The van der Waals surface area contributed by atoms with Gasteiger partial charge in [0.1, 0.15) is 5.75 Å². The van der Waals surface area contributed by atoms with Gasteiger partial charge in [-0.15, -0.1) is 0 Å². The Morgan fingerprint density at radius 1 is 0.758 bits per heavy atom. The summed E-state index contributed by atoms with van der Waals surface area (Å²) in [4.78, 5) is 11.3. The first-order valence-corrected chi connectivity index (χ1v) is 12.2. The Morgan fingerprint density at radius 3 is 1.70 bits per heavy atom. The van der Waals surface area contributed by atoms with Gasteiger partial charge < -0.3 is 9.47 Å². The lowest BCUT2D eigenvalue weighted by atomic mass is 10.0. The van der Waals surface area contributed by atoms with Crippen LogP contribution in [0.5, 0.6) is 5.75 Å². The molecular weight excluding hydrogens is 410 g/mol. The van der Waals surface area contributed by atoms with Crippen molar-refractivity contribution < 1.29 is 14.3 Å². The van der Waals surface area contributed by atoms with Gasteiger partial charge in [0.15, 0.2) is 0 Å². The molecule has 176 valence electrons. The van der Waals surface area contributed by atoms with E-state index in [0.29, 0.717) is 17.7 Å². The summed E-state index contributed by atoms with van der Waals surface area (Å²) in [7, 11) is 0. The SMILES string of the molecule is C=C(C)C(=O)OCCCCCCCCCCCCOc1ccc(-c2ccc(C#N)cc2)cc1. The quantitative estimate of drug-likeness (QED) is 0.151. The lowest BCUT2D eigenvalue weighted by Crippen LogP contribution is -2.05. The van der Waals surface area contributed by atoms with Crippen LogP contribution in [0, 0.1) is 11.3 Å². The van der Waals surface area contributed by atoms with Crippen molar-refractivity contribution in [2.75, 3.05) is 13.2 Å². The van der Waals surface area contributed by atoms with E-state index in [9.17, 15) is 4.79 Å². The van der Waals surface area contributed by atoms with Crippen LogP contribution in [0.25, 0.3) is 11.1 Å². The van der Waals surface area contributed by atoms with Crippen molar-refractivity contribution in [3.63, 3.8) is 0 Å². The molecule has 0 atom stereocenters. The number of hydrogen-bond donors (Lipinski definition) is 0. The third-order valence-corrected chi connectivity index (χ3v) is 5.59. The fourth-order valence-corrected chi connectivity index (χ4v) is 3.58. The zero-order chi connectivity index (χ0) is 23.7. The maximum Gasteiger partial charge on any atom is 0.333 e. The molecule has 0 fully saturated rings. The van der Waals surface area contributed by atoms with Crippen LogP contribution in [0.1, 0.15) is 76.7 Å². The molecule has 0 aromatic heterocycles. The number of benzene rings is 2. The lowest BCUT2D eigenvalue weighted by molar-refractivity contribution is -0.139. The van der Waals surface area contributed by atoms with E-state index in [2.05, 4.69) is 24.8 Å². The van der Waals surface area contributed by atoms with Gasteiger partial charge in [-0.2, -0.15) is 5.26 Å². The fraction of sp³-hybridized carbons (Fsp3) is 0.448. The molecule has 4 nitrogen and oxygen atoms in total. The first kappa shape index (κ1) is 26.2. The average Bonchev–Trinajstić information content (AvgIpc) is 2.84. The summed E-state index contributed by atoms with van der Waals surface area (Å²) >= 11 is 0. The first-order valence-electron chi connectivity index (χ1n) is 12.2. The van der Waals surface area contributed by atoms with Crippen molar-refractivity contribution in [2.24, 2.45) is 0 Å². The van der Waals surface area contributed by atoms with E-state index in [1.54, 1.807) is 6.92 Å². The zero-order valence-corrected chi connectivity index (χ0v) is 20.0. The predicted octanol–water partition coefficient (Wildman–Crippen LogP) is 7.62. The minimum absolute atomic E-state index is 0.280. The van der Waals surface area contributed by atoms with Crippen LogP contribution in [0.3, 0.4) is 0 Å². The number of carbonyl (C=O) groups excluding carboxylic acids is 1. The summed E-state index contributed by atoms with van der Waals surface area (Å²) in [6, 6.07) is 17.9. The van der Waals surface area contributed by atoms with Crippen molar-refractivity contribution in [3.8, 4) is 22.9 Å². The van der Waals surface area contributed by atoms with Gasteiger partial charge in [-0.05, 0) is 55.2 Å². The summed E-state index contributed by atoms with van der Waals surface area (Å²) < 4.78 is 11.0. The van der Waals surface area contributed by atoms with E-state index in [4.69, 9.17) is 14.7 Å². The van der Waals surface area contributed by atoms with Crippen molar-refractivity contribution in [1.82, 2.24) is 0 Å². The highest BCUT2D eigenvalue weighted by Crippen LogP contribution is 2.23. The van der Waals surface area contributed by atoms with Crippen molar-refractivity contribution in [2.45, 2.75) is 71.1 Å². The van der Waals surface area contributed by atoms with Gasteiger partial charge in [0.2, 0.25) is 0 Å². The fourth-order valence-electron chi connectivity index (χ4n) is 3.58. The summed E-state index contributed by atoms with van der Waals surface area (Å²) in [6.45, 7) is 6.52. The normalized spacial score (nSPS) is 10.4. The van der Waals surface area contributed by atoms with Crippen LogP contribution in [0.4, 0.5) is 0 Å². The van der Waals surface area contributed by atoms with Crippen LogP contribution in [0.15, 0.2) is 60.7 Å². The van der Waals surface area contributed by atoms with E-state index in [1.165, 1.54) is 44.9 Å². The van der Waals surface area contributed by atoms with E-state index < -0.39 is 0 Å². The van der Waals surface area contributed by atoms with Gasteiger partial charge in [0, 0.05) is 5.57 Å². The molecule has 0 saturated carbocycles. The topological polar surface area (TPSA) is 59.3 Å². The molecule has 2 aromatic carbocycles. The van der Waals surface area contributed by atoms with Crippen LogP contribution < -0.4 is 4.74 Å². The molecule has 0 amide bonds. The molecule has 2 rings (SSSR count). The summed E-state index contributed by atoms with van der Waals surface area (Å²) in [5, 5.41) is 8.90. The Balaban J connectivity index is 1.43. The molecule has 0 radical (unpaired) electrons. The molecular formula is C29H37NO3. The third-order valence-electron chi connectivity index (χ3n) is 5.59. The van der Waals surface area contributed by atoms with Gasteiger partial charge in [-0.25, -0.2) is 4.79 Å². The van der Waals surface area contributed by atoms with Crippen LogP contribution >= 0.6 is 0 Å². The Labute approximate surface area is 199 Å². The van der Waals surface area contributed by atoms with Crippen molar-refractivity contribution >= 4 is 5.97 Å². The van der Waals surface area contributed by atoms with Crippen LogP contribution in [0.2, 0.25) is 0 Å². The highest BCUT2D eigenvalue weighted by Gasteiger charge is 2.02. The number of ether oxygens (including phenoxy) is 2. The van der Waals surface area contributed by atoms with Gasteiger partial charge in [0.25, 0.3) is 0 Å². The largest absolute Gasteiger partial charge is 0.494 e. The van der Waals surface area contributed by atoms with E-state index in [0.717, 1.165) is 42.7 Å². The Kier molecular flexibility index (Phi) is 12.5. The number of carbonyl (C=O) groups is 1. The molecule has 0 N–H and O–H groups in total. The second kappa shape index (κ2) is 15.7. The van der Waals surface area contributed by atoms with Crippen molar-refractivity contribution in [3.05, 3.63) is 66.2 Å². The minimum Gasteiger partial charge on any atom is -0.494 e. The summed E-state index contributed by atoms with van der Waals surface area (Å²) in [5.41, 5.74) is 3.37. The van der Waals surface area contributed by atoms with E-state index >= 15 is 0 Å². The monoisotopic (exact) mass is 447 g/mol. The molecule has 0 aliphatic heterocycles. The Bertz CT molecular complexity index is 879. The number of rotatable bonds is 16. The second-order valence-corrected chi connectivity index (χ2v) is 8.51. The Morgan fingerprint density at radius 2 is 1.21 bits per heavy atom. The maximum absolute atomic E-state index is 11.3. The number of nitriles is 1. The number of hydrogen-bond acceptors (Lipinski definition) is 4. The van der Waals surface area contributed by atoms with Gasteiger partial charge in [-0.3, -0.25) is 0 Å².